The van der Waals surface area contributed by atoms with Gasteiger partial charge < -0.3 is 10.4 Å². The van der Waals surface area contributed by atoms with Crippen molar-refractivity contribution in [2.24, 2.45) is 17.8 Å². The summed E-state index contributed by atoms with van der Waals surface area (Å²) in [5.74, 6) is 0.761. The Hall–Kier alpha value is -1.91. The highest BCUT2D eigenvalue weighted by atomic mass is 16.4. The molecule has 0 saturated heterocycles. The van der Waals surface area contributed by atoms with Gasteiger partial charge in [-0.2, -0.15) is 0 Å². The third kappa shape index (κ3) is 2.98. The molecule has 3 rings (SSSR count). The van der Waals surface area contributed by atoms with E-state index >= 15 is 0 Å². The van der Waals surface area contributed by atoms with Gasteiger partial charge in [-0.15, -0.1) is 0 Å². The molecule has 0 bridgehead atoms. The first-order chi connectivity index (χ1) is 9.65. The summed E-state index contributed by atoms with van der Waals surface area (Å²) in [6.07, 6.45) is 5.13. The molecule has 1 amide bonds. The molecule has 0 aliphatic heterocycles. The average molecular weight is 274 g/mol. The number of carboxylic acids is 1. The van der Waals surface area contributed by atoms with Crippen LogP contribution in [0, 0.1) is 17.8 Å². The normalized spacial score (nSPS) is 18.1. The van der Waals surface area contributed by atoms with Crippen LogP contribution in [0.25, 0.3) is 0 Å². The van der Waals surface area contributed by atoms with Gasteiger partial charge >= 0.3 is 5.97 Å². The fraction of sp³-hybridized carbons (Fsp3) is 0.533. The predicted octanol–water partition coefficient (Wildman–Crippen LogP) is 1.95. The highest BCUT2D eigenvalue weighted by molar-refractivity contribution is 5.94. The van der Waals surface area contributed by atoms with Gasteiger partial charge in [0.25, 0.3) is 5.91 Å². The molecule has 0 spiro atoms. The number of aromatic carboxylic acids is 1. The fourth-order valence-corrected chi connectivity index (χ4v) is 2.75. The van der Waals surface area contributed by atoms with Gasteiger partial charge in [0, 0.05) is 6.54 Å². The lowest BCUT2D eigenvalue weighted by molar-refractivity contribution is 0.0690. The summed E-state index contributed by atoms with van der Waals surface area (Å²) in [7, 11) is 0. The van der Waals surface area contributed by atoms with Crippen molar-refractivity contribution in [2.45, 2.75) is 25.7 Å². The zero-order valence-corrected chi connectivity index (χ0v) is 11.2. The fourth-order valence-electron chi connectivity index (χ4n) is 2.75. The van der Waals surface area contributed by atoms with Gasteiger partial charge in [-0.3, -0.25) is 4.79 Å². The van der Waals surface area contributed by atoms with Crippen LogP contribution < -0.4 is 5.32 Å². The maximum absolute atomic E-state index is 12.0. The number of hydrogen-bond donors (Lipinski definition) is 2. The summed E-state index contributed by atoms with van der Waals surface area (Å²) in [5, 5.41) is 11.8. The molecule has 0 atom stereocenters. The lowest BCUT2D eigenvalue weighted by Gasteiger charge is -2.16. The smallest absolute Gasteiger partial charge is 0.354 e. The molecule has 2 aliphatic rings. The molecule has 106 valence electrons. The van der Waals surface area contributed by atoms with E-state index < -0.39 is 5.97 Å². The second-order valence-corrected chi connectivity index (χ2v) is 5.76. The molecular formula is C15H18N2O3. The molecule has 1 aromatic rings. The largest absolute Gasteiger partial charge is 0.477 e. The lowest BCUT2D eigenvalue weighted by Crippen LogP contribution is -2.31. The van der Waals surface area contributed by atoms with Gasteiger partial charge in [-0.05, 0) is 55.6 Å². The van der Waals surface area contributed by atoms with Crippen molar-refractivity contribution in [3.63, 3.8) is 0 Å². The Bertz CT molecular complexity index is 524. The summed E-state index contributed by atoms with van der Waals surface area (Å²) >= 11 is 0. The van der Waals surface area contributed by atoms with Crippen molar-refractivity contribution in [3.8, 4) is 0 Å². The summed E-state index contributed by atoms with van der Waals surface area (Å²) in [5.41, 5.74) is 0.0776. The Labute approximate surface area is 117 Å². The molecule has 1 aromatic heterocycles. The van der Waals surface area contributed by atoms with Gasteiger partial charge in [0.05, 0.1) is 0 Å². The van der Waals surface area contributed by atoms with Crippen LogP contribution in [0.1, 0.15) is 46.7 Å². The number of carboxylic acid groups (broad SMARTS) is 1. The minimum absolute atomic E-state index is 0.0985. The van der Waals surface area contributed by atoms with E-state index in [9.17, 15) is 9.59 Å². The van der Waals surface area contributed by atoms with Gasteiger partial charge in [0.2, 0.25) is 0 Å². The summed E-state index contributed by atoms with van der Waals surface area (Å²) in [4.78, 5) is 26.7. The third-order valence-corrected chi connectivity index (χ3v) is 4.15. The topological polar surface area (TPSA) is 79.3 Å². The Morgan fingerprint density at radius 2 is 1.80 bits per heavy atom. The number of carbonyl (C=O) groups is 2. The number of nitrogens with one attached hydrogen (secondary N) is 1. The van der Waals surface area contributed by atoms with E-state index in [-0.39, 0.29) is 17.3 Å². The third-order valence-electron chi connectivity index (χ3n) is 4.15. The number of rotatable bonds is 6. The summed E-state index contributed by atoms with van der Waals surface area (Å²) in [6.45, 7) is 0.688. The van der Waals surface area contributed by atoms with E-state index in [0.717, 1.165) is 11.8 Å². The molecule has 2 N–H and O–H groups in total. The molecule has 1 heterocycles. The molecule has 5 heteroatoms. The van der Waals surface area contributed by atoms with E-state index in [1.807, 2.05) is 0 Å². The molecule has 2 saturated carbocycles. The molecular weight excluding hydrogens is 256 g/mol. The first-order valence-corrected chi connectivity index (χ1v) is 7.13. The molecule has 5 nitrogen and oxygen atoms in total. The highest BCUT2D eigenvalue weighted by Gasteiger charge is 2.41. The van der Waals surface area contributed by atoms with Crippen LogP contribution in [0.2, 0.25) is 0 Å². The first kappa shape index (κ1) is 13.1. The van der Waals surface area contributed by atoms with E-state index in [1.165, 1.54) is 31.7 Å². The number of aromatic nitrogens is 1. The average Bonchev–Trinajstić information content (AvgIpc) is 3.32. The lowest BCUT2D eigenvalue weighted by atomic mass is 9.98. The van der Waals surface area contributed by atoms with E-state index in [1.54, 1.807) is 12.1 Å². The van der Waals surface area contributed by atoms with Crippen LogP contribution in [-0.4, -0.2) is 28.5 Å². The maximum atomic E-state index is 12.0. The van der Waals surface area contributed by atoms with Crippen molar-refractivity contribution in [2.75, 3.05) is 6.54 Å². The quantitative estimate of drug-likeness (QED) is 0.831. The van der Waals surface area contributed by atoms with Crippen LogP contribution >= 0.6 is 0 Å². The second-order valence-electron chi connectivity index (χ2n) is 5.76. The van der Waals surface area contributed by atoms with Gasteiger partial charge in [-0.1, -0.05) is 6.07 Å². The predicted molar refractivity (Wildman–Crippen MR) is 72.5 cm³/mol. The Kier molecular flexibility index (Phi) is 3.42. The van der Waals surface area contributed by atoms with Crippen molar-refractivity contribution in [3.05, 3.63) is 29.6 Å². The first-order valence-electron chi connectivity index (χ1n) is 7.13. The van der Waals surface area contributed by atoms with Crippen molar-refractivity contribution >= 4 is 11.9 Å². The maximum Gasteiger partial charge on any atom is 0.354 e. The minimum atomic E-state index is -1.12. The van der Waals surface area contributed by atoms with Crippen molar-refractivity contribution < 1.29 is 14.7 Å². The van der Waals surface area contributed by atoms with Crippen LogP contribution in [0.4, 0.5) is 0 Å². The SMILES string of the molecule is O=C(O)c1cccc(C(=O)NCC(C2CC2)C2CC2)n1. The Morgan fingerprint density at radius 3 is 2.35 bits per heavy atom. The van der Waals surface area contributed by atoms with Crippen LogP contribution in [-0.2, 0) is 0 Å². The number of carbonyl (C=O) groups excluding carboxylic acids is 1. The summed E-state index contributed by atoms with van der Waals surface area (Å²) in [6, 6.07) is 4.48. The minimum Gasteiger partial charge on any atom is -0.477 e. The standard InChI is InChI=1S/C15H18N2O3/c18-14(12-2-1-3-13(17-12)15(19)20)16-8-11(9-4-5-9)10-6-7-10/h1-3,9-11H,4-8H2,(H,16,18)(H,19,20). The number of nitrogens with zero attached hydrogens (tertiary/aromatic N) is 1. The highest BCUT2D eigenvalue weighted by Crippen LogP contribution is 2.48. The zero-order valence-electron chi connectivity index (χ0n) is 11.2. The summed E-state index contributed by atoms with van der Waals surface area (Å²) < 4.78 is 0. The monoisotopic (exact) mass is 274 g/mol. The molecule has 2 aliphatic carbocycles. The number of pyridine rings is 1. The van der Waals surface area contributed by atoms with Crippen LogP contribution in [0.5, 0.6) is 0 Å². The molecule has 2 fully saturated rings. The Balaban J connectivity index is 1.60. The van der Waals surface area contributed by atoms with Crippen molar-refractivity contribution in [1.82, 2.24) is 10.3 Å². The Morgan fingerprint density at radius 1 is 1.20 bits per heavy atom. The van der Waals surface area contributed by atoms with Crippen LogP contribution in [0.3, 0.4) is 0 Å². The van der Waals surface area contributed by atoms with E-state index in [2.05, 4.69) is 10.3 Å². The van der Waals surface area contributed by atoms with Gasteiger partial charge in [0.1, 0.15) is 11.4 Å². The van der Waals surface area contributed by atoms with Gasteiger partial charge in [0.15, 0.2) is 0 Å². The molecule has 0 aromatic carbocycles. The van der Waals surface area contributed by atoms with Gasteiger partial charge in [-0.25, -0.2) is 9.78 Å². The molecule has 20 heavy (non-hydrogen) atoms. The zero-order chi connectivity index (χ0) is 14.1. The number of amides is 1. The van der Waals surface area contributed by atoms with Crippen LogP contribution in [0.15, 0.2) is 18.2 Å². The van der Waals surface area contributed by atoms with E-state index in [0.29, 0.717) is 12.5 Å². The molecule has 0 radical (unpaired) electrons. The number of hydrogen-bond acceptors (Lipinski definition) is 3. The molecule has 0 unspecified atom stereocenters. The van der Waals surface area contributed by atoms with Crippen molar-refractivity contribution in [1.29, 1.82) is 0 Å². The van der Waals surface area contributed by atoms with E-state index in [4.69, 9.17) is 5.11 Å². The second kappa shape index (κ2) is 5.23.